The minimum Gasteiger partial charge on any atom is -0.497 e. The number of ether oxygens (including phenoxy) is 4. The summed E-state index contributed by atoms with van der Waals surface area (Å²) < 4.78 is 22.1. The number of carbonyl (C=O) groups is 2. The molecule has 2 amide bonds. The second kappa shape index (κ2) is 12.1. The Hall–Kier alpha value is -3.26. The normalized spacial score (nSPS) is 16.0. The Bertz CT molecular complexity index is 925. The first-order valence-electron chi connectivity index (χ1n) is 11.1. The summed E-state index contributed by atoms with van der Waals surface area (Å²) in [6.45, 7) is 3.03. The predicted octanol–water partition coefficient (Wildman–Crippen LogP) is 3.15. The number of hydrogen-bond donors (Lipinski definition) is 2. The van der Waals surface area contributed by atoms with Crippen LogP contribution in [-0.4, -0.2) is 45.4 Å². The Kier molecular flexibility index (Phi) is 8.95. The Morgan fingerprint density at radius 3 is 2.52 bits per heavy atom. The van der Waals surface area contributed by atoms with Gasteiger partial charge in [0.15, 0.2) is 11.5 Å². The zero-order chi connectivity index (χ0) is 23.6. The van der Waals surface area contributed by atoms with Gasteiger partial charge in [0.05, 0.1) is 32.8 Å². The van der Waals surface area contributed by atoms with Gasteiger partial charge >= 0.3 is 0 Å². The Morgan fingerprint density at radius 1 is 1.09 bits per heavy atom. The maximum atomic E-state index is 12.6. The molecule has 1 fully saturated rings. The molecule has 0 saturated carbocycles. The van der Waals surface area contributed by atoms with Crippen LogP contribution in [0.5, 0.6) is 17.2 Å². The van der Waals surface area contributed by atoms with Crippen LogP contribution in [0.3, 0.4) is 0 Å². The Balaban J connectivity index is 1.56. The molecule has 0 bridgehead atoms. The largest absolute Gasteiger partial charge is 0.497 e. The summed E-state index contributed by atoms with van der Waals surface area (Å²) >= 11 is 0. The molecule has 1 heterocycles. The van der Waals surface area contributed by atoms with Crippen LogP contribution >= 0.6 is 0 Å². The van der Waals surface area contributed by atoms with E-state index in [-0.39, 0.29) is 24.3 Å². The Labute approximate surface area is 194 Å². The number of rotatable bonds is 11. The number of benzene rings is 2. The molecule has 0 spiro atoms. The molecule has 0 radical (unpaired) electrons. The standard InChI is InChI=1S/C25H32N2O6/c1-17(28)27-22(19-7-9-20(30-2)10-8-19)14-25(29)26-15-18-6-11-23(24(13-18)31-3)33-16-21-5-4-12-32-21/h6-11,13,21-22H,4-5,12,14-16H2,1-3H3,(H,26,29)(H,27,28). The SMILES string of the molecule is COc1ccc(C(CC(=O)NCc2ccc(OCC3CCCO3)c(OC)c2)NC(C)=O)cc1. The quantitative estimate of drug-likeness (QED) is 0.539. The summed E-state index contributed by atoms with van der Waals surface area (Å²) in [5.74, 6) is 1.58. The minimum absolute atomic E-state index is 0.117. The molecule has 1 aliphatic rings. The van der Waals surface area contributed by atoms with Crippen LogP contribution < -0.4 is 24.8 Å². The summed E-state index contributed by atoms with van der Waals surface area (Å²) in [5.41, 5.74) is 1.71. The lowest BCUT2D eigenvalue weighted by atomic mass is 10.0. The molecule has 8 heteroatoms. The highest BCUT2D eigenvalue weighted by Gasteiger charge is 2.19. The fraction of sp³-hybridized carbons (Fsp3) is 0.440. The molecule has 178 valence electrons. The van der Waals surface area contributed by atoms with Crippen molar-refractivity contribution in [2.45, 2.75) is 44.9 Å². The summed E-state index contributed by atoms with van der Waals surface area (Å²) in [6, 6.07) is 12.4. The van der Waals surface area contributed by atoms with Gasteiger partial charge in [0.25, 0.3) is 0 Å². The maximum Gasteiger partial charge on any atom is 0.222 e. The van der Waals surface area contributed by atoms with Gasteiger partial charge < -0.3 is 29.6 Å². The summed E-state index contributed by atoms with van der Waals surface area (Å²) in [5, 5.41) is 5.75. The molecule has 2 aromatic carbocycles. The van der Waals surface area contributed by atoms with Crippen LogP contribution in [0, 0.1) is 0 Å². The molecule has 0 aliphatic carbocycles. The van der Waals surface area contributed by atoms with E-state index < -0.39 is 6.04 Å². The van der Waals surface area contributed by atoms with Gasteiger partial charge in [-0.25, -0.2) is 0 Å². The molecular weight excluding hydrogens is 424 g/mol. The van der Waals surface area contributed by atoms with Crippen molar-refractivity contribution < 1.29 is 28.5 Å². The van der Waals surface area contributed by atoms with E-state index in [9.17, 15) is 9.59 Å². The van der Waals surface area contributed by atoms with Gasteiger partial charge in [-0.1, -0.05) is 18.2 Å². The topological polar surface area (TPSA) is 95.1 Å². The second-order valence-electron chi connectivity index (χ2n) is 7.94. The number of methoxy groups -OCH3 is 2. The lowest BCUT2D eigenvalue weighted by Gasteiger charge is -2.19. The molecule has 2 N–H and O–H groups in total. The van der Waals surface area contributed by atoms with E-state index in [4.69, 9.17) is 18.9 Å². The summed E-state index contributed by atoms with van der Waals surface area (Å²) in [7, 11) is 3.18. The molecular formula is C25H32N2O6. The summed E-state index contributed by atoms with van der Waals surface area (Å²) in [6.07, 6.45) is 2.30. The maximum absolute atomic E-state index is 12.6. The number of carbonyl (C=O) groups excluding carboxylic acids is 2. The number of nitrogens with one attached hydrogen (secondary N) is 2. The van der Waals surface area contributed by atoms with Crippen molar-refractivity contribution in [3.8, 4) is 17.2 Å². The van der Waals surface area contributed by atoms with Gasteiger partial charge in [0.2, 0.25) is 11.8 Å². The van der Waals surface area contributed by atoms with Gasteiger partial charge in [-0.3, -0.25) is 9.59 Å². The molecule has 2 atom stereocenters. The van der Waals surface area contributed by atoms with Crippen LogP contribution in [-0.2, 0) is 20.9 Å². The first kappa shape index (κ1) is 24.4. The van der Waals surface area contributed by atoms with Gasteiger partial charge in [0, 0.05) is 20.1 Å². The van der Waals surface area contributed by atoms with Crippen molar-refractivity contribution in [3.63, 3.8) is 0 Å². The van der Waals surface area contributed by atoms with Crippen LogP contribution in [0.2, 0.25) is 0 Å². The van der Waals surface area contributed by atoms with Gasteiger partial charge in [-0.05, 0) is 48.2 Å². The van der Waals surface area contributed by atoms with Crippen molar-refractivity contribution in [2.75, 3.05) is 27.4 Å². The third kappa shape index (κ3) is 7.39. The second-order valence-corrected chi connectivity index (χ2v) is 7.94. The van der Waals surface area contributed by atoms with E-state index in [1.165, 1.54) is 6.92 Å². The smallest absolute Gasteiger partial charge is 0.222 e. The highest BCUT2D eigenvalue weighted by Crippen LogP contribution is 2.29. The van der Waals surface area contributed by atoms with Crippen LogP contribution in [0.1, 0.15) is 43.4 Å². The first-order chi connectivity index (χ1) is 16.0. The van der Waals surface area contributed by atoms with E-state index >= 15 is 0 Å². The van der Waals surface area contributed by atoms with Crippen molar-refractivity contribution in [1.82, 2.24) is 10.6 Å². The van der Waals surface area contributed by atoms with Crippen molar-refractivity contribution in [1.29, 1.82) is 0 Å². The molecule has 1 aliphatic heterocycles. The van der Waals surface area contributed by atoms with E-state index in [0.717, 1.165) is 30.6 Å². The Morgan fingerprint density at radius 2 is 1.88 bits per heavy atom. The molecule has 2 aromatic rings. The lowest BCUT2D eigenvalue weighted by molar-refractivity contribution is -0.122. The van der Waals surface area contributed by atoms with Crippen LogP contribution in [0.4, 0.5) is 0 Å². The van der Waals surface area contributed by atoms with Gasteiger partial charge in [-0.15, -0.1) is 0 Å². The van der Waals surface area contributed by atoms with Crippen molar-refractivity contribution in [3.05, 3.63) is 53.6 Å². The highest BCUT2D eigenvalue weighted by molar-refractivity contribution is 5.79. The molecule has 33 heavy (non-hydrogen) atoms. The third-order valence-corrected chi connectivity index (χ3v) is 5.45. The minimum atomic E-state index is -0.434. The molecule has 8 nitrogen and oxygen atoms in total. The van der Waals surface area contributed by atoms with Gasteiger partial charge in [-0.2, -0.15) is 0 Å². The number of amides is 2. The van der Waals surface area contributed by atoms with Crippen LogP contribution in [0.15, 0.2) is 42.5 Å². The fourth-order valence-corrected chi connectivity index (χ4v) is 3.69. The van der Waals surface area contributed by atoms with E-state index in [1.807, 2.05) is 30.3 Å². The highest BCUT2D eigenvalue weighted by atomic mass is 16.5. The molecule has 1 saturated heterocycles. The first-order valence-corrected chi connectivity index (χ1v) is 11.1. The average molecular weight is 457 g/mol. The number of hydrogen-bond acceptors (Lipinski definition) is 6. The zero-order valence-corrected chi connectivity index (χ0v) is 19.4. The molecule has 3 rings (SSSR count). The third-order valence-electron chi connectivity index (χ3n) is 5.45. The zero-order valence-electron chi connectivity index (χ0n) is 19.4. The monoisotopic (exact) mass is 456 g/mol. The van der Waals surface area contributed by atoms with E-state index in [1.54, 1.807) is 26.4 Å². The van der Waals surface area contributed by atoms with Gasteiger partial charge in [0.1, 0.15) is 12.4 Å². The fourth-order valence-electron chi connectivity index (χ4n) is 3.69. The predicted molar refractivity (Wildman–Crippen MR) is 123 cm³/mol. The van der Waals surface area contributed by atoms with E-state index in [2.05, 4.69) is 10.6 Å². The van der Waals surface area contributed by atoms with Crippen LogP contribution in [0.25, 0.3) is 0 Å². The average Bonchev–Trinajstić information content (AvgIpc) is 3.34. The van der Waals surface area contributed by atoms with Crippen molar-refractivity contribution >= 4 is 11.8 Å². The van der Waals surface area contributed by atoms with E-state index in [0.29, 0.717) is 30.4 Å². The molecule has 0 aromatic heterocycles. The molecule has 2 unspecified atom stereocenters. The lowest BCUT2D eigenvalue weighted by Crippen LogP contribution is -2.32. The summed E-state index contributed by atoms with van der Waals surface area (Å²) in [4.78, 5) is 24.3. The van der Waals surface area contributed by atoms with Crippen molar-refractivity contribution in [2.24, 2.45) is 0 Å².